The molecule has 0 atom stereocenters. The van der Waals surface area contributed by atoms with E-state index in [-0.39, 0.29) is 5.97 Å². The lowest BCUT2D eigenvalue weighted by molar-refractivity contribution is -0.143. The van der Waals surface area contributed by atoms with Crippen molar-refractivity contribution in [1.29, 1.82) is 0 Å². The number of rotatable bonds is 45. The van der Waals surface area contributed by atoms with Crippen LogP contribution in [0, 0.1) is 0 Å². The van der Waals surface area contributed by atoms with Gasteiger partial charge in [-0.1, -0.05) is 181 Å². The minimum absolute atomic E-state index is 0.00159. The zero-order valence-electron chi connectivity index (χ0n) is 35.8. The molecule has 0 aromatic rings. The average molecular weight is 738 g/mol. The van der Waals surface area contributed by atoms with E-state index in [1.165, 1.54) is 199 Å². The lowest BCUT2D eigenvalue weighted by atomic mass is 10.0. The Bertz CT molecular complexity index is 663. The molecule has 0 fully saturated rings. The zero-order chi connectivity index (χ0) is 37.8. The Balaban J connectivity index is 4.05. The van der Waals surface area contributed by atoms with E-state index in [4.69, 9.17) is 15.2 Å². The summed E-state index contributed by atoms with van der Waals surface area (Å²) in [5.41, 5.74) is 5.69. The molecule has 3 N–H and O–H groups in total. The summed E-state index contributed by atoms with van der Waals surface area (Å²) in [6.45, 7) is 14.6. The van der Waals surface area contributed by atoms with Gasteiger partial charge in [-0.2, -0.15) is 0 Å². The van der Waals surface area contributed by atoms with Crippen molar-refractivity contribution in [3.63, 3.8) is 0 Å². The molecule has 52 heavy (non-hydrogen) atoms. The Labute approximate surface area is 326 Å². The molecule has 0 radical (unpaired) electrons. The van der Waals surface area contributed by atoms with Crippen LogP contribution in [0.3, 0.4) is 0 Å². The second-order valence-electron chi connectivity index (χ2n) is 16.0. The summed E-state index contributed by atoms with van der Waals surface area (Å²) in [5, 5.41) is 3.48. The maximum Gasteiger partial charge on any atom is 0.305 e. The predicted molar refractivity (Wildman–Crippen MR) is 228 cm³/mol. The number of carbonyl (C=O) groups excluding carboxylic acids is 1. The molecule has 0 spiro atoms. The van der Waals surface area contributed by atoms with Crippen LogP contribution in [-0.2, 0) is 14.3 Å². The smallest absolute Gasteiger partial charge is 0.305 e. The van der Waals surface area contributed by atoms with E-state index < -0.39 is 0 Å². The molecule has 0 amide bonds. The summed E-state index contributed by atoms with van der Waals surface area (Å²) in [7, 11) is 0. The Kier molecular flexibility index (Phi) is 44.1. The second kappa shape index (κ2) is 44.7. The highest BCUT2D eigenvalue weighted by molar-refractivity contribution is 5.69. The quantitative estimate of drug-likeness (QED) is 0.0479. The Morgan fingerprint density at radius 3 is 1.42 bits per heavy atom. The van der Waals surface area contributed by atoms with E-state index >= 15 is 0 Å². The monoisotopic (exact) mass is 738 g/mol. The molecule has 312 valence electrons. The first-order valence-corrected chi connectivity index (χ1v) is 23.6. The van der Waals surface area contributed by atoms with Crippen molar-refractivity contribution in [3.05, 3.63) is 0 Å². The summed E-state index contributed by atoms with van der Waals surface area (Å²) < 4.78 is 11.9. The number of carbonyl (C=O) groups is 1. The van der Waals surface area contributed by atoms with Crippen molar-refractivity contribution in [2.45, 2.75) is 239 Å². The highest BCUT2D eigenvalue weighted by Crippen LogP contribution is 2.18. The van der Waals surface area contributed by atoms with Crippen LogP contribution in [0.25, 0.3) is 0 Å². The summed E-state index contributed by atoms with van der Waals surface area (Å²) >= 11 is 0. The van der Waals surface area contributed by atoms with Gasteiger partial charge in [0.05, 0.1) is 12.7 Å². The fraction of sp³-hybridized carbons (Fsp3) is 0.978. The first-order valence-electron chi connectivity index (χ1n) is 23.6. The van der Waals surface area contributed by atoms with Gasteiger partial charge in [0, 0.05) is 39.2 Å². The van der Waals surface area contributed by atoms with Crippen molar-refractivity contribution >= 4 is 5.97 Å². The van der Waals surface area contributed by atoms with E-state index in [1.54, 1.807) is 0 Å². The molecule has 0 bridgehead atoms. The van der Waals surface area contributed by atoms with Gasteiger partial charge in [0.15, 0.2) is 0 Å². The molecular formula is C46H95N3O3. The number of hydrogen-bond acceptors (Lipinski definition) is 6. The normalized spacial score (nSPS) is 11.7. The Morgan fingerprint density at radius 1 is 0.500 bits per heavy atom. The van der Waals surface area contributed by atoms with Crippen LogP contribution in [0.2, 0.25) is 0 Å². The van der Waals surface area contributed by atoms with E-state index in [1.807, 2.05) is 0 Å². The van der Waals surface area contributed by atoms with Gasteiger partial charge in [0.25, 0.3) is 0 Å². The molecule has 6 nitrogen and oxygen atoms in total. The van der Waals surface area contributed by atoms with Crippen molar-refractivity contribution < 1.29 is 14.3 Å². The molecule has 0 heterocycles. The SMILES string of the molecule is CCCCCCCCCOC(=O)CCCCCCCN(CCCCCCCCOC(CCCCCCCC)CCCCCCCC)CCNCCN. The highest BCUT2D eigenvalue weighted by atomic mass is 16.5. The summed E-state index contributed by atoms with van der Waals surface area (Å²) in [4.78, 5) is 14.7. The molecule has 6 heteroatoms. The minimum atomic E-state index is 0.00159. The first kappa shape index (κ1) is 51.3. The van der Waals surface area contributed by atoms with E-state index in [9.17, 15) is 4.79 Å². The Hall–Kier alpha value is -0.690. The summed E-state index contributed by atoms with van der Waals surface area (Å²) in [6, 6.07) is 0. The van der Waals surface area contributed by atoms with Gasteiger partial charge in [-0.15, -0.1) is 0 Å². The number of nitrogens with two attached hydrogens (primary N) is 1. The number of nitrogens with zero attached hydrogens (tertiary/aromatic N) is 1. The van der Waals surface area contributed by atoms with Crippen molar-refractivity contribution in [2.75, 3.05) is 52.5 Å². The van der Waals surface area contributed by atoms with E-state index in [0.29, 0.717) is 25.7 Å². The molecule has 0 saturated heterocycles. The van der Waals surface area contributed by atoms with Crippen LogP contribution >= 0.6 is 0 Å². The fourth-order valence-electron chi connectivity index (χ4n) is 7.26. The lowest BCUT2D eigenvalue weighted by Gasteiger charge is -2.22. The molecule has 0 unspecified atom stereocenters. The van der Waals surface area contributed by atoms with Crippen molar-refractivity contribution in [3.8, 4) is 0 Å². The predicted octanol–water partition coefficient (Wildman–Crippen LogP) is 12.7. The van der Waals surface area contributed by atoms with Crippen LogP contribution in [0.1, 0.15) is 233 Å². The van der Waals surface area contributed by atoms with Gasteiger partial charge >= 0.3 is 5.97 Å². The van der Waals surface area contributed by atoms with Crippen molar-refractivity contribution in [2.24, 2.45) is 5.73 Å². The number of esters is 1. The molecule has 0 aromatic heterocycles. The van der Waals surface area contributed by atoms with Gasteiger partial charge in [0.2, 0.25) is 0 Å². The van der Waals surface area contributed by atoms with E-state index in [2.05, 4.69) is 31.0 Å². The molecule has 0 aliphatic rings. The topological polar surface area (TPSA) is 76.8 Å². The van der Waals surface area contributed by atoms with Crippen LogP contribution in [0.5, 0.6) is 0 Å². The van der Waals surface area contributed by atoms with Gasteiger partial charge < -0.3 is 25.4 Å². The summed E-state index contributed by atoms with van der Waals surface area (Å²) in [5.74, 6) is 0.00159. The first-order chi connectivity index (χ1) is 25.7. The maximum atomic E-state index is 12.1. The molecule has 0 saturated carbocycles. The number of unbranched alkanes of at least 4 members (excludes halogenated alkanes) is 25. The second-order valence-corrected chi connectivity index (χ2v) is 16.0. The number of hydrogen-bond donors (Lipinski definition) is 2. The molecule has 0 rings (SSSR count). The molecule has 0 aliphatic heterocycles. The summed E-state index contributed by atoms with van der Waals surface area (Å²) in [6.07, 6.45) is 42.6. The average Bonchev–Trinajstić information content (AvgIpc) is 3.15. The minimum Gasteiger partial charge on any atom is -0.466 e. The molecule has 0 aliphatic carbocycles. The van der Waals surface area contributed by atoms with Crippen LogP contribution in [-0.4, -0.2) is 69.5 Å². The van der Waals surface area contributed by atoms with Gasteiger partial charge in [-0.05, 0) is 58.0 Å². The van der Waals surface area contributed by atoms with Gasteiger partial charge in [-0.3, -0.25) is 4.79 Å². The fourth-order valence-corrected chi connectivity index (χ4v) is 7.26. The molecule has 0 aromatic carbocycles. The van der Waals surface area contributed by atoms with Crippen molar-refractivity contribution in [1.82, 2.24) is 10.2 Å². The van der Waals surface area contributed by atoms with Crippen LogP contribution in [0.4, 0.5) is 0 Å². The maximum absolute atomic E-state index is 12.1. The third kappa shape index (κ3) is 40.5. The third-order valence-corrected chi connectivity index (χ3v) is 10.8. The number of ether oxygens (including phenoxy) is 2. The van der Waals surface area contributed by atoms with Gasteiger partial charge in [-0.25, -0.2) is 0 Å². The largest absolute Gasteiger partial charge is 0.466 e. The Morgan fingerprint density at radius 2 is 0.923 bits per heavy atom. The van der Waals surface area contributed by atoms with E-state index in [0.717, 1.165) is 45.5 Å². The number of nitrogens with one attached hydrogen (secondary N) is 1. The zero-order valence-corrected chi connectivity index (χ0v) is 35.8. The van der Waals surface area contributed by atoms with Crippen LogP contribution < -0.4 is 11.1 Å². The van der Waals surface area contributed by atoms with Gasteiger partial charge in [0.1, 0.15) is 0 Å². The molecular weight excluding hydrogens is 643 g/mol. The third-order valence-electron chi connectivity index (χ3n) is 10.8. The highest BCUT2D eigenvalue weighted by Gasteiger charge is 2.10. The van der Waals surface area contributed by atoms with Crippen LogP contribution in [0.15, 0.2) is 0 Å². The lowest BCUT2D eigenvalue weighted by Crippen LogP contribution is -2.35. The standard InChI is InChI=1S/C46H95N3O3/c1-4-7-10-13-17-26-33-44-52-46(50)36-29-22-19-24-31-41-49(42-39-48-38-37-47)40-30-23-16-18-25-32-43-51-45(34-27-20-14-11-8-5-2)35-28-21-15-12-9-6-3/h45,48H,4-44,47H2,1-3H3.